The maximum Gasteiger partial charge on any atom is 0.338 e. The van der Waals surface area contributed by atoms with Crippen LogP contribution < -0.4 is 0 Å². The van der Waals surface area contributed by atoms with Crippen molar-refractivity contribution in [3.05, 3.63) is 35.4 Å². The van der Waals surface area contributed by atoms with Crippen molar-refractivity contribution in [1.29, 1.82) is 0 Å². The maximum absolute atomic E-state index is 12.0. The molecule has 1 unspecified atom stereocenters. The molecular weight excluding hydrogens is 240 g/mol. The van der Waals surface area contributed by atoms with Crippen molar-refractivity contribution in [1.82, 2.24) is 0 Å². The predicted octanol–water partition coefficient (Wildman–Crippen LogP) is 3.61. The SMILES string of the molecule is CCCc1ccc(C(=O)OC(CCC)COC)cc1. The van der Waals surface area contributed by atoms with Gasteiger partial charge in [0.25, 0.3) is 0 Å². The minimum atomic E-state index is -0.265. The summed E-state index contributed by atoms with van der Waals surface area (Å²) in [5.74, 6) is -0.265. The van der Waals surface area contributed by atoms with Gasteiger partial charge in [-0.3, -0.25) is 0 Å². The van der Waals surface area contributed by atoms with Crippen molar-refractivity contribution in [3.8, 4) is 0 Å². The number of carbonyl (C=O) groups is 1. The largest absolute Gasteiger partial charge is 0.456 e. The van der Waals surface area contributed by atoms with Gasteiger partial charge < -0.3 is 9.47 Å². The second-order valence-electron chi connectivity index (χ2n) is 4.72. The van der Waals surface area contributed by atoms with E-state index in [-0.39, 0.29) is 12.1 Å². The second-order valence-corrected chi connectivity index (χ2v) is 4.72. The van der Waals surface area contributed by atoms with Gasteiger partial charge in [-0.25, -0.2) is 4.79 Å². The molecule has 0 spiro atoms. The lowest BCUT2D eigenvalue weighted by molar-refractivity contribution is 0.00298. The van der Waals surface area contributed by atoms with Crippen LogP contribution in [0.1, 0.15) is 49.0 Å². The Labute approximate surface area is 115 Å². The summed E-state index contributed by atoms with van der Waals surface area (Å²) in [4.78, 5) is 12.0. The molecule has 0 fully saturated rings. The number of hydrogen-bond acceptors (Lipinski definition) is 3. The molecule has 0 aromatic heterocycles. The molecule has 106 valence electrons. The molecule has 1 aromatic rings. The number of aryl methyl sites for hydroxylation is 1. The van der Waals surface area contributed by atoms with E-state index in [1.54, 1.807) is 7.11 Å². The Morgan fingerprint density at radius 1 is 1.16 bits per heavy atom. The molecule has 0 radical (unpaired) electrons. The fourth-order valence-corrected chi connectivity index (χ4v) is 2.00. The first-order valence-electron chi connectivity index (χ1n) is 7.00. The van der Waals surface area contributed by atoms with Crippen molar-refractivity contribution >= 4 is 5.97 Å². The lowest BCUT2D eigenvalue weighted by atomic mass is 10.1. The smallest absolute Gasteiger partial charge is 0.338 e. The van der Waals surface area contributed by atoms with Crippen LogP contribution in [0.3, 0.4) is 0 Å². The van der Waals surface area contributed by atoms with Gasteiger partial charge in [0.1, 0.15) is 6.10 Å². The standard InChI is InChI=1S/C16H24O3/c1-4-6-13-8-10-14(11-9-13)16(17)19-15(7-5-2)12-18-3/h8-11,15H,4-7,12H2,1-3H3. The lowest BCUT2D eigenvalue weighted by Gasteiger charge is -2.16. The van der Waals surface area contributed by atoms with Gasteiger partial charge in [-0.15, -0.1) is 0 Å². The van der Waals surface area contributed by atoms with Gasteiger partial charge in [-0.2, -0.15) is 0 Å². The Bertz CT molecular complexity index is 364. The van der Waals surface area contributed by atoms with Crippen molar-refractivity contribution in [2.45, 2.75) is 45.6 Å². The van der Waals surface area contributed by atoms with Gasteiger partial charge in [-0.1, -0.05) is 38.8 Å². The van der Waals surface area contributed by atoms with Crippen molar-refractivity contribution in [2.75, 3.05) is 13.7 Å². The summed E-state index contributed by atoms with van der Waals surface area (Å²) in [7, 11) is 1.62. The third kappa shape index (κ3) is 5.43. The minimum Gasteiger partial charge on any atom is -0.456 e. The lowest BCUT2D eigenvalue weighted by Crippen LogP contribution is -2.23. The Morgan fingerprint density at radius 3 is 2.37 bits per heavy atom. The highest BCUT2D eigenvalue weighted by atomic mass is 16.6. The van der Waals surface area contributed by atoms with Gasteiger partial charge in [0, 0.05) is 7.11 Å². The number of esters is 1. The average molecular weight is 264 g/mol. The molecule has 0 saturated carbocycles. The fraction of sp³-hybridized carbons (Fsp3) is 0.562. The molecule has 0 aliphatic rings. The highest BCUT2D eigenvalue weighted by Gasteiger charge is 2.15. The molecule has 3 heteroatoms. The molecule has 0 amide bonds. The van der Waals surface area contributed by atoms with E-state index in [1.165, 1.54) is 5.56 Å². The molecule has 0 bridgehead atoms. The average Bonchev–Trinajstić information content (AvgIpc) is 2.40. The molecule has 0 aliphatic carbocycles. The van der Waals surface area contributed by atoms with E-state index in [0.717, 1.165) is 25.7 Å². The molecular formula is C16H24O3. The highest BCUT2D eigenvalue weighted by Crippen LogP contribution is 2.11. The van der Waals surface area contributed by atoms with E-state index in [9.17, 15) is 4.79 Å². The summed E-state index contributed by atoms with van der Waals surface area (Å²) >= 11 is 0. The third-order valence-corrected chi connectivity index (χ3v) is 2.97. The van der Waals surface area contributed by atoms with Crippen molar-refractivity contribution in [3.63, 3.8) is 0 Å². The first-order valence-corrected chi connectivity index (χ1v) is 7.00. The third-order valence-electron chi connectivity index (χ3n) is 2.97. The van der Waals surface area contributed by atoms with Crippen LogP contribution in [-0.2, 0) is 15.9 Å². The molecule has 1 aromatic carbocycles. The molecule has 0 saturated heterocycles. The van der Waals surface area contributed by atoms with E-state index in [0.29, 0.717) is 12.2 Å². The number of benzene rings is 1. The van der Waals surface area contributed by atoms with E-state index in [1.807, 2.05) is 24.3 Å². The van der Waals surface area contributed by atoms with E-state index in [4.69, 9.17) is 9.47 Å². The van der Waals surface area contributed by atoms with Crippen LogP contribution >= 0.6 is 0 Å². The minimum absolute atomic E-state index is 0.155. The van der Waals surface area contributed by atoms with E-state index >= 15 is 0 Å². The molecule has 0 heterocycles. The Hall–Kier alpha value is -1.35. The van der Waals surface area contributed by atoms with Crippen LogP contribution in [0.5, 0.6) is 0 Å². The maximum atomic E-state index is 12.0. The molecule has 1 rings (SSSR count). The van der Waals surface area contributed by atoms with Gasteiger partial charge in [0.2, 0.25) is 0 Å². The predicted molar refractivity (Wildman–Crippen MR) is 76.4 cm³/mol. The summed E-state index contributed by atoms with van der Waals surface area (Å²) in [5.41, 5.74) is 1.86. The summed E-state index contributed by atoms with van der Waals surface area (Å²) < 4.78 is 10.5. The monoisotopic (exact) mass is 264 g/mol. The molecule has 0 aliphatic heterocycles. The Morgan fingerprint density at radius 2 is 1.84 bits per heavy atom. The van der Waals surface area contributed by atoms with Crippen LogP contribution in [-0.4, -0.2) is 25.8 Å². The molecule has 19 heavy (non-hydrogen) atoms. The zero-order valence-corrected chi connectivity index (χ0v) is 12.1. The summed E-state index contributed by atoms with van der Waals surface area (Å²) in [6, 6.07) is 7.66. The number of ether oxygens (including phenoxy) is 2. The van der Waals surface area contributed by atoms with Gasteiger partial charge in [0.15, 0.2) is 0 Å². The Kier molecular flexibility index (Phi) is 7.19. The first kappa shape index (κ1) is 15.7. The zero-order chi connectivity index (χ0) is 14.1. The fourth-order valence-electron chi connectivity index (χ4n) is 2.00. The second kappa shape index (κ2) is 8.70. The van der Waals surface area contributed by atoms with Crippen LogP contribution in [0, 0.1) is 0 Å². The zero-order valence-electron chi connectivity index (χ0n) is 12.1. The first-order chi connectivity index (χ1) is 9.21. The van der Waals surface area contributed by atoms with E-state index < -0.39 is 0 Å². The normalized spacial score (nSPS) is 12.2. The van der Waals surface area contributed by atoms with Crippen LogP contribution in [0.2, 0.25) is 0 Å². The molecule has 0 N–H and O–H groups in total. The number of carbonyl (C=O) groups excluding carboxylic acids is 1. The molecule has 3 nitrogen and oxygen atoms in total. The molecule has 1 atom stereocenters. The summed E-state index contributed by atoms with van der Waals surface area (Å²) in [5, 5.41) is 0. The van der Waals surface area contributed by atoms with E-state index in [2.05, 4.69) is 13.8 Å². The van der Waals surface area contributed by atoms with Gasteiger partial charge >= 0.3 is 5.97 Å². The summed E-state index contributed by atoms with van der Waals surface area (Å²) in [6.07, 6.45) is 3.79. The number of methoxy groups -OCH3 is 1. The topological polar surface area (TPSA) is 35.5 Å². The number of hydrogen-bond donors (Lipinski definition) is 0. The number of rotatable bonds is 8. The van der Waals surface area contributed by atoms with Crippen LogP contribution in [0.15, 0.2) is 24.3 Å². The quantitative estimate of drug-likeness (QED) is 0.673. The van der Waals surface area contributed by atoms with Crippen LogP contribution in [0.25, 0.3) is 0 Å². The Balaban J connectivity index is 2.60. The van der Waals surface area contributed by atoms with Crippen molar-refractivity contribution in [2.24, 2.45) is 0 Å². The summed E-state index contributed by atoms with van der Waals surface area (Å²) in [6.45, 7) is 4.66. The van der Waals surface area contributed by atoms with Gasteiger partial charge in [0.05, 0.1) is 12.2 Å². The van der Waals surface area contributed by atoms with Gasteiger partial charge in [-0.05, 0) is 30.5 Å². The highest BCUT2D eigenvalue weighted by molar-refractivity contribution is 5.89. The van der Waals surface area contributed by atoms with Crippen molar-refractivity contribution < 1.29 is 14.3 Å². The van der Waals surface area contributed by atoms with Crippen LogP contribution in [0.4, 0.5) is 0 Å².